The summed E-state index contributed by atoms with van der Waals surface area (Å²) >= 11 is 0. The molecule has 2 aromatic rings. The molecule has 2 atom stereocenters. The number of hydrogen-bond acceptors (Lipinski definition) is 3. The Hall–Kier alpha value is -2.34. The fourth-order valence-corrected chi connectivity index (χ4v) is 2.05. The van der Waals surface area contributed by atoms with Crippen LogP contribution < -0.4 is 16.8 Å². The van der Waals surface area contributed by atoms with Gasteiger partial charge in [0.2, 0.25) is 11.8 Å². The average molecular weight is 274 g/mol. The van der Waals surface area contributed by atoms with Crippen LogP contribution in [0.15, 0.2) is 30.5 Å². The van der Waals surface area contributed by atoms with E-state index in [4.69, 9.17) is 11.5 Å². The molecule has 1 aromatic heterocycles. The van der Waals surface area contributed by atoms with Crippen molar-refractivity contribution in [2.75, 3.05) is 0 Å². The summed E-state index contributed by atoms with van der Waals surface area (Å²) in [5.41, 5.74) is 12.7. The highest BCUT2D eigenvalue weighted by molar-refractivity contribution is 5.90. The highest BCUT2D eigenvalue weighted by atomic mass is 16.2. The highest BCUT2D eigenvalue weighted by Crippen LogP contribution is 2.19. The zero-order valence-corrected chi connectivity index (χ0v) is 11.2. The van der Waals surface area contributed by atoms with Crippen LogP contribution in [0.5, 0.6) is 0 Å². The van der Waals surface area contributed by atoms with Crippen LogP contribution in [0.1, 0.15) is 12.5 Å². The second kappa shape index (κ2) is 5.75. The molecule has 0 saturated carbocycles. The maximum Gasteiger partial charge on any atom is 0.240 e. The van der Waals surface area contributed by atoms with Gasteiger partial charge in [0.05, 0.1) is 6.04 Å². The average Bonchev–Trinajstić information content (AvgIpc) is 2.81. The molecule has 6 heteroatoms. The van der Waals surface area contributed by atoms with Crippen LogP contribution in [0.25, 0.3) is 10.9 Å². The van der Waals surface area contributed by atoms with Gasteiger partial charge in [-0.25, -0.2) is 0 Å². The van der Waals surface area contributed by atoms with Crippen molar-refractivity contribution < 1.29 is 9.59 Å². The lowest BCUT2D eigenvalue weighted by molar-refractivity contribution is -0.127. The Kier molecular flexibility index (Phi) is 4.05. The third-order valence-corrected chi connectivity index (χ3v) is 3.17. The number of para-hydroxylation sites is 1. The third-order valence-electron chi connectivity index (χ3n) is 3.17. The zero-order valence-electron chi connectivity index (χ0n) is 11.2. The first-order valence-electron chi connectivity index (χ1n) is 6.39. The molecule has 0 fully saturated rings. The summed E-state index contributed by atoms with van der Waals surface area (Å²) in [6, 6.07) is 6.28. The monoisotopic (exact) mass is 274 g/mol. The van der Waals surface area contributed by atoms with Crippen molar-refractivity contribution >= 4 is 22.7 Å². The van der Waals surface area contributed by atoms with E-state index in [0.29, 0.717) is 6.42 Å². The maximum atomic E-state index is 11.6. The van der Waals surface area contributed by atoms with E-state index in [2.05, 4.69) is 10.3 Å². The summed E-state index contributed by atoms with van der Waals surface area (Å²) in [5.74, 6) is -0.974. The lowest BCUT2D eigenvalue weighted by Crippen LogP contribution is -2.50. The molecule has 0 spiro atoms. The summed E-state index contributed by atoms with van der Waals surface area (Å²) in [7, 11) is 0. The Morgan fingerprint density at radius 1 is 1.35 bits per heavy atom. The number of H-pyrrole nitrogens is 1. The molecule has 0 unspecified atom stereocenters. The minimum absolute atomic E-state index is 0.331. The highest BCUT2D eigenvalue weighted by Gasteiger charge is 2.21. The van der Waals surface area contributed by atoms with E-state index in [-0.39, 0.29) is 0 Å². The molecule has 20 heavy (non-hydrogen) atoms. The van der Waals surface area contributed by atoms with Gasteiger partial charge in [0.25, 0.3) is 0 Å². The summed E-state index contributed by atoms with van der Waals surface area (Å²) in [6.45, 7) is 1.55. The molecule has 0 bridgehead atoms. The second-order valence-electron chi connectivity index (χ2n) is 4.82. The fourth-order valence-electron chi connectivity index (χ4n) is 2.05. The van der Waals surface area contributed by atoms with Crippen LogP contribution in [0.2, 0.25) is 0 Å². The van der Waals surface area contributed by atoms with Crippen LogP contribution in [0, 0.1) is 0 Å². The van der Waals surface area contributed by atoms with Crippen LogP contribution in [-0.2, 0) is 16.0 Å². The van der Waals surface area contributed by atoms with Crippen LogP contribution in [-0.4, -0.2) is 28.9 Å². The van der Waals surface area contributed by atoms with Gasteiger partial charge in [-0.2, -0.15) is 0 Å². The van der Waals surface area contributed by atoms with E-state index >= 15 is 0 Å². The van der Waals surface area contributed by atoms with Crippen LogP contribution in [0.4, 0.5) is 0 Å². The molecule has 0 saturated heterocycles. The first-order chi connectivity index (χ1) is 9.49. The molecule has 6 N–H and O–H groups in total. The Bertz CT molecular complexity index is 633. The van der Waals surface area contributed by atoms with E-state index in [9.17, 15) is 9.59 Å². The number of nitrogens with two attached hydrogens (primary N) is 2. The molecule has 2 rings (SSSR count). The quantitative estimate of drug-likeness (QED) is 0.616. The predicted octanol–water partition coefficient (Wildman–Crippen LogP) is 0.0277. The van der Waals surface area contributed by atoms with Gasteiger partial charge in [0, 0.05) is 23.5 Å². The summed E-state index contributed by atoms with van der Waals surface area (Å²) in [6.07, 6.45) is 2.15. The number of carbonyl (C=O) groups is 2. The second-order valence-corrected chi connectivity index (χ2v) is 4.82. The number of aromatic amines is 1. The number of benzene rings is 1. The fraction of sp³-hybridized carbons (Fsp3) is 0.286. The predicted molar refractivity (Wildman–Crippen MR) is 76.8 cm³/mol. The molecule has 106 valence electrons. The van der Waals surface area contributed by atoms with Crippen LogP contribution >= 0.6 is 0 Å². The normalized spacial score (nSPS) is 13.9. The van der Waals surface area contributed by atoms with Crippen molar-refractivity contribution in [2.45, 2.75) is 25.4 Å². The number of rotatable bonds is 5. The van der Waals surface area contributed by atoms with Gasteiger partial charge in [0.15, 0.2) is 0 Å². The molecule has 1 aromatic carbocycles. The Morgan fingerprint density at radius 2 is 2.05 bits per heavy atom. The zero-order chi connectivity index (χ0) is 14.7. The van der Waals surface area contributed by atoms with Gasteiger partial charge in [-0.3, -0.25) is 9.59 Å². The molecule has 2 amide bonds. The van der Waals surface area contributed by atoms with E-state index in [1.807, 2.05) is 30.5 Å². The van der Waals surface area contributed by atoms with E-state index < -0.39 is 23.9 Å². The Labute approximate surface area is 116 Å². The molecule has 1 heterocycles. The van der Waals surface area contributed by atoms with Gasteiger partial charge >= 0.3 is 0 Å². The Balaban J connectivity index is 2.20. The number of fused-ring (bicyclic) bond motifs is 1. The number of nitrogens with one attached hydrogen (secondary N) is 2. The summed E-state index contributed by atoms with van der Waals surface area (Å²) in [5, 5.41) is 3.57. The van der Waals surface area contributed by atoms with E-state index in [1.165, 1.54) is 0 Å². The smallest absolute Gasteiger partial charge is 0.240 e. The molecular formula is C14H18N4O2. The van der Waals surface area contributed by atoms with Gasteiger partial charge in [0.1, 0.15) is 6.04 Å². The number of carbonyl (C=O) groups excluding carboxylic acids is 2. The molecule has 0 aliphatic heterocycles. The number of amides is 2. The number of hydrogen-bond donors (Lipinski definition) is 4. The first-order valence-corrected chi connectivity index (χ1v) is 6.39. The van der Waals surface area contributed by atoms with E-state index in [0.717, 1.165) is 16.5 Å². The topological polar surface area (TPSA) is 114 Å². The lowest BCUT2D eigenvalue weighted by atomic mass is 10.0. The number of aromatic nitrogens is 1. The number of primary amides is 1. The van der Waals surface area contributed by atoms with Crippen molar-refractivity contribution in [3.63, 3.8) is 0 Å². The van der Waals surface area contributed by atoms with Gasteiger partial charge in [-0.15, -0.1) is 0 Å². The summed E-state index contributed by atoms with van der Waals surface area (Å²) in [4.78, 5) is 26.2. The van der Waals surface area contributed by atoms with Crippen LogP contribution in [0.3, 0.4) is 0 Å². The van der Waals surface area contributed by atoms with E-state index in [1.54, 1.807) is 6.92 Å². The minimum atomic E-state index is -0.771. The molecule has 0 aliphatic rings. The summed E-state index contributed by atoms with van der Waals surface area (Å²) < 4.78 is 0. The van der Waals surface area contributed by atoms with Crippen molar-refractivity contribution in [3.8, 4) is 0 Å². The minimum Gasteiger partial charge on any atom is -0.368 e. The van der Waals surface area contributed by atoms with Gasteiger partial charge < -0.3 is 21.8 Å². The maximum absolute atomic E-state index is 11.6. The largest absolute Gasteiger partial charge is 0.368 e. The lowest BCUT2D eigenvalue weighted by Gasteiger charge is -2.16. The molecule has 6 nitrogen and oxygen atoms in total. The Morgan fingerprint density at radius 3 is 2.70 bits per heavy atom. The molecule has 0 aliphatic carbocycles. The van der Waals surface area contributed by atoms with Crippen molar-refractivity contribution in [2.24, 2.45) is 11.5 Å². The van der Waals surface area contributed by atoms with Gasteiger partial charge in [-0.1, -0.05) is 18.2 Å². The molecular weight excluding hydrogens is 256 g/mol. The van der Waals surface area contributed by atoms with Crippen molar-refractivity contribution in [1.29, 1.82) is 0 Å². The molecule has 0 radical (unpaired) electrons. The third kappa shape index (κ3) is 2.97. The van der Waals surface area contributed by atoms with Crippen molar-refractivity contribution in [3.05, 3.63) is 36.0 Å². The SMILES string of the molecule is C[C@@H](N)C(=O)N[C@H](Cc1c[nH]c2ccccc12)C(N)=O. The van der Waals surface area contributed by atoms with Crippen molar-refractivity contribution in [1.82, 2.24) is 10.3 Å². The first kappa shape index (κ1) is 14.1. The standard InChI is InChI=1S/C14H18N4O2/c1-8(15)14(20)18-12(13(16)19)6-9-7-17-11-5-3-2-4-10(9)11/h2-5,7-8,12,17H,6,15H2,1H3,(H2,16,19)(H,18,20)/t8-,12-/m1/s1. The van der Waals surface area contributed by atoms with Gasteiger partial charge in [-0.05, 0) is 18.6 Å².